The first-order valence-corrected chi connectivity index (χ1v) is 11.9. The maximum absolute atomic E-state index is 11.4. The molecule has 1 saturated heterocycles. The van der Waals surface area contributed by atoms with E-state index in [1.54, 1.807) is 6.20 Å². The molecule has 1 aliphatic rings. The van der Waals surface area contributed by atoms with E-state index in [-0.39, 0.29) is 18.0 Å². The second-order valence-corrected chi connectivity index (χ2v) is 9.24. The van der Waals surface area contributed by atoms with Gasteiger partial charge in [0, 0.05) is 34.5 Å². The van der Waals surface area contributed by atoms with Crippen LogP contribution in [0.2, 0.25) is 0 Å². The van der Waals surface area contributed by atoms with Crippen molar-refractivity contribution in [3.05, 3.63) is 101 Å². The van der Waals surface area contributed by atoms with Gasteiger partial charge in [-0.25, -0.2) is 0 Å². The number of amides is 1. The van der Waals surface area contributed by atoms with E-state index in [0.717, 1.165) is 38.6 Å². The van der Waals surface area contributed by atoms with Crippen molar-refractivity contribution in [2.24, 2.45) is 0 Å². The first-order chi connectivity index (χ1) is 16.5. The normalized spacial score (nSPS) is 17.5. The number of thiocarbonyl (C=S) groups is 1. The minimum atomic E-state index is -0.252. The van der Waals surface area contributed by atoms with Crippen molar-refractivity contribution in [1.82, 2.24) is 10.3 Å². The maximum Gasteiger partial charge on any atom is 0.221 e. The molecule has 1 amide bonds. The SMILES string of the molecule is CC(=O)Nc1ccc(N2C(=S)N[C@@H](c3ccccn3)[C@H]2c2ccc(-c3ccc(Br)cc3)o2)cc1. The molecule has 8 heteroatoms. The summed E-state index contributed by atoms with van der Waals surface area (Å²) in [5.74, 6) is 1.43. The summed E-state index contributed by atoms with van der Waals surface area (Å²) in [5.41, 5.74) is 3.47. The zero-order chi connectivity index (χ0) is 23.7. The number of nitrogens with one attached hydrogen (secondary N) is 2. The highest BCUT2D eigenvalue weighted by Crippen LogP contribution is 2.43. The monoisotopic (exact) mass is 532 g/mol. The Morgan fingerprint density at radius 1 is 1.06 bits per heavy atom. The van der Waals surface area contributed by atoms with Crippen LogP contribution in [0.3, 0.4) is 0 Å². The lowest BCUT2D eigenvalue weighted by Crippen LogP contribution is -2.29. The van der Waals surface area contributed by atoms with Gasteiger partial charge in [0.25, 0.3) is 0 Å². The van der Waals surface area contributed by atoms with Crippen LogP contribution in [0, 0.1) is 0 Å². The third-order valence-corrected chi connectivity index (χ3v) is 6.45. The first kappa shape index (κ1) is 22.3. The second kappa shape index (κ2) is 9.40. The molecule has 0 aliphatic carbocycles. The van der Waals surface area contributed by atoms with E-state index in [2.05, 4.69) is 31.5 Å². The van der Waals surface area contributed by atoms with Crippen LogP contribution in [-0.2, 0) is 4.79 Å². The number of nitrogens with zero attached hydrogens (tertiary/aromatic N) is 2. The van der Waals surface area contributed by atoms with Gasteiger partial charge in [-0.05, 0) is 72.9 Å². The largest absolute Gasteiger partial charge is 0.459 e. The molecule has 5 rings (SSSR count). The van der Waals surface area contributed by atoms with Gasteiger partial charge in [0.15, 0.2) is 5.11 Å². The number of carbonyl (C=O) groups is 1. The molecule has 3 heterocycles. The van der Waals surface area contributed by atoms with Crippen LogP contribution in [0.5, 0.6) is 0 Å². The van der Waals surface area contributed by atoms with Crippen LogP contribution in [0.4, 0.5) is 11.4 Å². The number of anilines is 2. The molecule has 170 valence electrons. The Balaban J connectivity index is 1.55. The molecule has 0 saturated carbocycles. The lowest BCUT2D eigenvalue weighted by Gasteiger charge is -2.26. The van der Waals surface area contributed by atoms with E-state index < -0.39 is 0 Å². The fraction of sp³-hybridized carbons (Fsp3) is 0.115. The third kappa shape index (κ3) is 4.47. The third-order valence-electron chi connectivity index (χ3n) is 5.61. The van der Waals surface area contributed by atoms with Crippen LogP contribution >= 0.6 is 28.1 Å². The van der Waals surface area contributed by atoms with Crippen LogP contribution in [0.15, 0.2) is 93.9 Å². The minimum Gasteiger partial charge on any atom is -0.459 e. The van der Waals surface area contributed by atoms with Crippen molar-refractivity contribution in [3.8, 4) is 11.3 Å². The number of rotatable bonds is 5. The van der Waals surface area contributed by atoms with Gasteiger partial charge in [0.05, 0.1) is 11.7 Å². The lowest BCUT2D eigenvalue weighted by molar-refractivity contribution is -0.114. The Bertz CT molecular complexity index is 1320. The number of aromatic nitrogens is 1. The molecule has 1 aliphatic heterocycles. The number of hydrogen-bond donors (Lipinski definition) is 2. The molecule has 2 atom stereocenters. The number of benzene rings is 2. The lowest BCUT2D eigenvalue weighted by atomic mass is 10.0. The van der Waals surface area contributed by atoms with Gasteiger partial charge in [0.1, 0.15) is 17.6 Å². The number of carbonyl (C=O) groups excluding carboxylic acids is 1. The van der Waals surface area contributed by atoms with Crippen molar-refractivity contribution < 1.29 is 9.21 Å². The average Bonchev–Trinajstić information content (AvgIpc) is 3.45. The molecule has 2 N–H and O–H groups in total. The molecule has 6 nitrogen and oxygen atoms in total. The highest BCUT2D eigenvalue weighted by molar-refractivity contribution is 9.10. The van der Waals surface area contributed by atoms with E-state index in [0.29, 0.717) is 5.11 Å². The summed E-state index contributed by atoms with van der Waals surface area (Å²) in [6.07, 6.45) is 1.78. The van der Waals surface area contributed by atoms with Gasteiger partial charge >= 0.3 is 0 Å². The van der Waals surface area contributed by atoms with Gasteiger partial charge in [-0.1, -0.05) is 34.1 Å². The standard InChI is InChI=1S/C26H21BrN4O2S/c1-16(32)29-19-9-11-20(12-10-19)31-25(24(30-26(31)34)21-4-2-3-15-28-21)23-14-13-22(33-23)17-5-7-18(27)8-6-17/h2-15,24-25H,1H3,(H,29,32)(H,30,34)/t24-,25+/m0/s1. The van der Waals surface area contributed by atoms with Crippen molar-refractivity contribution in [3.63, 3.8) is 0 Å². The Labute approximate surface area is 211 Å². The van der Waals surface area contributed by atoms with Crippen LogP contribution in [0.1, 0.15) is 30.5 Å². The van der Waals surface area contributed by atoms with Crippen LogP contribution < -0.4 is 15.5 Å². The second-order valence-electron chi connectivity index (χ2n) is 7.93. The van der Waals surface area contributed by atoms with Crippen LogP contribution in [-0.4, -0.2) is 16.0 Å². The molecule has 0 unspecified atom stereocenters. The molecule has 0 bridgehead atoms. The van der Waals surface area contributed by atoms with Crippen LogP contribution in [0.25, 0.3) is 11.3 Å². The van der Waals surface area contributed by atoms with E-state index in [4.69, 9.17) is 16.6 Å². The molecule has 2 aromatic carbocycles. The van der Waals surface area contributed by atoms with E-state index in [1.165, 1.54) is 6.92 Å². The highest BCUT2D eigenvalue weighted by atomic mass is 79.9. The van der Waals surface area contributed by atoms with Gasteiger partial charge in [-0.15, -0.1) is 0 Å². The smallest absolute Gasteiger partial charge is 0.221 e. The average molecular weight is 533 g/mol. The summed E-state index contributed by atoms with van der Waals surface area (Å²) in [7, 11) is 0. The quantitative estimate of drug-likeness (QED) is 0.296. The molecular formula is C26H21BrN4O2S. The number of halogens is 1. The Morgan fingerprint density at radius 3 is 2.50 bits per heavy atom. The minimum absolute atomic E-state index is 0.116. The Morgan fingerprint density at radius 2 is 1.82 bits per heavy atom. The fourth-order valence-electron chi connectivity index (χ4n) is 4.11. The topological polar surface area (TPSA) is 70.4 Å². The van der Waals surface area contributed by atoms with Gasteiger partial charge in [-0.2, -0.15) is 0 Å². The predicted octanol–water partition coefficient (Wildman–Crippen LogP) is 6.24. The Kier molecular flexibility index (Phi) is 6.17. The zero-order valence-corrected chi connectivity index (χ0v) is 20.6. The first-order valence-electron chi connectivity index (χ1n) is 10.7. The number of pyridine rings is 1. The molecule has 1 fully saturated rings. The fourth-order valence-corrected chi connectivity index (χ4v) is 4.72. The summed E-state index contributed by atoms with van der Waals surface area (Å²) >= 11 is 9.24. The zero-order valence-electron chi connectivity index (χ0n) is 18.2. The van der Waals surface area contributed by atoms with Crippen molar-refractivity contribution in [2.45, 2.75) is 19.0 Å². The molecule has 34 heavy (non-hydrogen) atoms. The van der Waals surface area contributed by atoms with Crippen molar-refractivity contribution >= 4 is 50.5 Å². The number of hydrogen-bond acceptors (Lipinski definition) is 4. The molecular weight excluding hydrogens is 512 g/mol. The molecule has 2 aromatic heterocycles. The van der Waals surface area contributed by atoms with E-state index in [1.807, 2.05) is 83.8 Å². The predicted molar refractivity (Wildman–Crippen MR) is 141 cm³/mol. The number of furan rings is 1. The molecule has 0 spiro atoms. The summed E-state index contributed by atoms with van der Waals surface area (Å²) in [6.45, 7) is 1.49. The van der Waals surface area contributed by atoms with E-state index >= 15 is 0 Å². The van der Waals surface area contributed by atoms with Gasteiger partial charge in [0.2, 0.25) is 5.91 Å². The van der Waals surface area contributed by atoms with Gasteiger partial charge in [-0.3, -0.25) is 9.78 Å². The summed E-state index contributed by atoms with van der Waals surface area (Å²) < 4.78 is 7.39. The van der Waals surface area contributed by atoms with Crippen molar-refractivity contribution in [1.29, 1.82) is 0 Å². The summed E-state index contributed by atoms with van der Waals surface area (Å²) in [5, 5.41) is 6.81. The van der Waals surface area contributed by atoms with Gasteiger partial charge < -0.3 is 20.0 Å². The highest BCUT2D eigenvalue weighted by Gasteiger charge is 2.42. The van der Waals surface area contributed by atoms with Crippen molar-refractivity contribution in [2.75, 3.05) is 10.2 Å². The Hall–Kier alpha value is -3.49. The summed E-state index contributed by atoms with van der Waals surface area (Å²) in [6, 6.07) is 25.0. The molecule has 4 aromatic rings. The maximum atomic E-state index is 11.4. The molecule has 0 radical (unpaired) electrons. The van der Waals surface area contributed by atoms with E-state index in [9.17, 15) is 4.79 Å². The summed E-state index contributed by atoms with van der Waals surface area (Å²) in [4.78, 5) is 18.0.